The molecule has 3 heterocycles. The summed E-state index contributed by atoms with van der Waals surface area (Å²) in [4.78, 5) is 32.7. The fourth-order valence-electron chi connectivity index (χ4n) is 4.06. The minimum Gasteiger partial charge on any atom is -0.457 e. The number of rotatable bonds is 10. The molecular weight excluding hydrogens is 553 g/mol. The number of aromatic nitrogens is 4. The zero-order valence-electron chi connectivity index (χ0n) is 22.1. The molecule has 13 heteroatoms. The predicted molar refractivity (Wildman–Crippen MR) is 147 cm³/mol. The van der Waals surface area contributed by atoms with Gasteiger partial charge in [0.05, 0.1) is 12.1 Å². The fourth-order valence-corrected chi connectivity index (χ4v) is 4.06. The number of alkyl halides is 3. The van der Waals surface area contributed by atoms with Crippen LogP contribution in [0, 0.1) is 0 Å². The Morgan fingerprint density at radius 1 is 1.07 bits per heavy atom. The molecule has 0 fully saturated rings. The molecule has 10 nitrogen and oxygen atoms in total. The van der Waals surface area contributed by atoms with Gasteiger partial charge in [-0.05, 0) is 42.0 Å². The highest BCUT2D eigenvalue weighted by atomic mass is 19.4. The fraction of sp³-hybridized carbons (Fsp3) is 0.138. The summed E-state index contributed by atoms with van der Waals surface area (Å²) in [7, 11) is 1.49. The van der Waals surface area contributed by atoms with Gasteiger partial charge < -0.3 is 19.8 Å². The standard InChI is InChI=1S/C29H23F3N6O4/c1-17(16-38-11-3-9-35-38)25(39)12-18-4-5-19(13-22(18)29(30,31)32)36-28-37-23-14-20(6-7-26(23)42-28)41-21-8-10-34-24(15-21)27(40)33-2/h3-11,13-15H,1,12,16H2,2H3,(H,33,40)(H,36,37). The van der Waals surface area contributed by atoms with Crippen LogP contribution in [-0.2, 0) is 23.9 Å². The van der Waals surface area contributed by atoms with Crippen molar-refractivity contribution in [2.24, 2.45) is 0 Å². The summed E-state index contributed by atoms with van der Waals surface area (Å²) in [5.74, 6) is -0.135. The second-order valence-corrected chi connectivity index (χ2v) is 9.11. The Kier molecular flexibility index (Phi) is 7.74. The Morgan fingerprint density at radius 3 is 2.62 bits per heavy atom. The van der Waals surface area contributed by atoms with E-state index in [0.29, 0.717) is 22.6 Å². The number of carbonyl (C=O) groups is 2. The molecule has 2 N–H and O–H groups in total. The first kappa shape index (κ1) is 28.1. The minimum absolute atomic E-state index is 0.0440. The van der Waals surface area contributed by atoms with Gasteiger partial charge in [0.15, 0.2) is 11.4 Å². The first-order chi connectivity index (χ1) is 20.1. The predicted octanol–water partition coefficient (Wildman–Crippen LogP) is 5.70. The van der Waals surface area contributed by atoms with Crippen LogP contribution in [0.15, 0.2) is 89.8 Å². The molecule has 3 aromatic heterocycles. The molecule has 5 rings (SSSR count). The van der Waals surface area contributed by atoms with Crippen LogP contribution in [0.25, 0.3) is 11.1 Å². The average Bonchev–Trinajstić information content (AvgIpc) is 3.62. The van der Waals surface area contributed by atoms with Gasteiger partial charge in [-0.15, -0.1) is 0 Å². The van der Waals surface area contributed by atoms with E-state index in [2.05, 4.69) is 32.3 Å². The summed E-state index contributed by atoms with van der Waals surface area (Å²) in [6, 6.07) is 13.0. The van der Waals surface area contributed by atoms with Crippen molar-refractivity contribution in [1.82, 2.24) is 25.1 Å². The smallest absolute Gasteiger partial charge is 0.416 e. The van der Waals surface area contributed by atoms with Gasteiger partial charge in [-0.25, -0.2) is 0 Å². The number of oxazole rings is 1. The van der Waals surface area contributed by atoms with Gasteiger partial charge in [-0.1, -0.05) is 12.6 Å². The summed E-state index contributed by atoms with van der Waals surface area (Å²) in [5.41, 5.74) is -0.0290. The number of benzene rings is 2. The van der Waals surface area contributed by atoms with E-state index in [1.807, 2.05) is 0 Å². The molecule has 0 saturated heterocycles. The lowest BCUT2D eigenvalue weighted by Gasteiger charge is -2.15. The molecule has 42 heavy (non-hydrogen) atoms. The number of anilines is 2. The maximum absolute atomic E-state index is 13.9. The van der Waals surface area contributed by atoms with Crippen LogP contribution in [0.1, 0.15) is 21.6 Å². The lowest BCUT2D eigenvalue weighted by atomic mass is 9.98. The number of fused-ring (bicyclic) bond motifs is 1. The third-order valence-corrected chi connectivity index (χ3v) is 6.11. The van der Waals surface area contributed by atoms with Crippen molar-refractivity contribution in [3.05, 3.63) is 102 Å². The summed E-state index contributed by atoms with van der Waals surface area (Å²) in [6.45, 7) is 3.78. The number of Topliss-reactive ketones (excluding diaryl/α,β-unsaturated/α-hetero) is 1. The molecule has 2 aromatic carbocycles. The van der Waals surface area contributed by atoms with E-state index in [0.717, 1.165) is 6.07 Å². The molecule has 0 aliphatic rings. The molecule has 0 bridgehead atoms. The van der Waals surface area contributed by atoms with Crippen molar-refractivity contribution in [3.8, 4) is 11.5 Å². The molecule has 0 unspecified atom stereocenters. The van der Waals surface area contributed by atoms with Gasteiger partial charge in [-0.3, -0.25) is 19.3 Å². The number of carbonyl (C=O) groups excluding carboxylic acids is 2. The Morgan fingerprint density at radius 2 is 1.88 bits per heavy atom. The number of hydrogen-bond acceptors (Lipinski definition) is 8. The first-order valence-electron chi connectivity index (χ1n) is 12.5. The van der Waals surface area contributed by atoms with Crippen LogP contribution in [0.3, 0.4) is 0 Å². The Labute approximate surface area is 236 Å². The molecule has 0 radical (unpaired) electrons. The van der Waals surface area contributed by atoms with Gasteiger partial charge in [0.25, 0.3) is 11.9 Å². The van der Waals surface area contributed by atoms with Crippen LogP contribution in [0.5, 0.6) is 11.5 Å². The third kappa shape index (κ3) is 6.46. The number of nitrogens with zero attached hydrogens (tertiary/aromatic N) is 4. The highest BCUT2D eigenvalue weighted by Gasteiger charge is 2.34. The van der Waals surface area contributed by atoms with Crippen molar-refractivity contribution in [2.75, 3.05) is 12.4 Å². The molecule has 0 atom stereocenters. The molecular formula is C29H23F3N6O4. The van der Waals surface area contributed by atoms with Crippen molar-refractivity contribution in [3.63, 3.8) is 0 Å². The number of pyridine rings is 1. The molecule has 5 aromatic rings. The van der Waals surface area contributed by atoms with Crippen molar-refractivity contribution in [1.29, 1.82) is 0 Å². The topological polar surface area (TPSA) is 124 Å². The maximum atomic E-state index is 13.9. The number of amides is 1. The van der Waals surface area contributed by atoms with Gasteiger partial charge in [0.1, 0.15) is 22.7 Å². The zero-order chi connectivity index (χ0) is 29.9. The van der Waals surface area contributed by atoms with Crippen LogP contribution in [0.4, 0.5) is 24.9 Å². The molecule has 0 aliphatic heterocycles. The lowest BCUT2D eigenvalue weighted by molar-refractivity contribution is -0.138. The van der Waals surface area contributed by atoms with Gasteiger partial charge in [-0.2, -0.15) is 23.3 Å². The van der Waals surface area contributed by atoms with Gasteiger partial charge >= 0.3 is 6.18 Å². The minimum atomic E-state index is -4.71. The van der Waals surface area contributed by atoms with Crippen LogP contribution in [0.2, 0.25) is 0 Å². The van der Waals surface area contributed by atoms with Crippen molar-refractivity contribution >= 4 is 34.5 Å². The normalized spacial score (nSPS) is 11.3. The second-order valence-electron chi connectivity index (χ2n) is 9.11. The Balaban J connectivity index is 1.32. The number of allylic oxidation sites excluding steroid dienone is 1. The van der Waals surface area contributed by atoms with E-state index in [1.165, 1.54) is 42.3 Å². The monoisotopic (exact) mass is 576 g/mol. The first-order valence-corrected chi connectivity index (χ1v) is 12.5. The van der Waals surface area contributed by atoms with Gasteiger partial charge in [0, 0.05) is 55.5 Å². The van der Waals surface area contributed by atoms with E-state index in [1.54, 1.807) is 36.5 Å². The molecule has 214 valence electrons. The number of ketones is 1. The largest absolute Gasteiger partial charge is 0.457 e. The maximum Gasteiger partial charge on any atom is 0.416 e. The molecule has 0 spiro atoms. The molecule has 1 amide bonds. The van der Waals surface area contributed by atoms with Crippen molar-refractivity contribution < 1.29 is 31.9 Å². The number of nitrogens with one attached hydrogen (secondary N) is 2. The third-order valence-electron chi connectivity index (χ3n) is 6.11. The summed E-state index contributed by atoms with van der Waals surface area (Å²) < 4.78 is 54.8. The highest BCUT2D eigenvalue weighted by Crippen LogP contribution is 2.35. The highest BCUT2D eigenvalue weighted by molar-refractivity contribution is 5.96. The van der Waals surface area contributed by atoms with Gasteiger partial charge in [0.2, 0.25) is 0 Å². The van der Waals surface area contributed by atoms with E-state index in [9.17, 15) is 22.8 Å². The summed E-state index contributed by atoms with van der Waals surface area (Å²) >= 11 is 0. The van der Waals surface area contributed by atoms with E-state index < -0.39 is 23.9 Å². The summed E-state index contributed by atoms with van der Waals surface area (Å²) in [5, 5.41) is 9.22. The SMILES string of the molecule is C=C(Cn1cccn1)C(=O)Cc1ccc(Nc2nc3cc(Oc4ccnc(C(=O)NC)c4)ccc3o2)cc1C(F)(F)F. The number of hydrogen-bond donors (Lipinski definition) is 2. The second kappa shape index (κ2) is 11.6. The average molecular weight is 577 g/mol. The quantitative estimate of drug-likeness (QED) is 0.203. The zero-order valence-corrected chi connectivity index (χ0v) is 22.1. The number of halogens is 3. The Bertz CT molecular complexity index is 1780. The summed E-state index contributed by atoms with van der Waals surface area (Å²) in [6.07, 6.45) is -0.587. The van der Waals surface area contributed by atoms with Crippen molar-refractivity contribution in [2.45, 2.75) is 19.1 Å². The van der Waals surface area contributed by atoms with E-state index in [4.69, 9.17) is 9.15 Å². The number of ether oxygens (including phenoxy) is 1. The van der Waals surface area contributed by atoms with Crippen LogP contribution < -0.4 is 15.4 Å². The molecule has 0 saturated carbocycles. The Hall–Kier alpha value is -5.46. The van der Waals surface area contributed by atoms with E-state index >= 15 is 0 Å². The molecule has 0 aliphatic carbocycles. The van der Waals surface area contributed by atoms with Crippen LogP contribution >= 0.6 is 0 Å². The lowest BCUT2D eigenvalue weighted by Crippen LogP contribution is -2.18. The van der Waals surface area contributed by atoms with Crippen LogP contribution in [-0.4, -0.2) is 38.5 Å². The van der Waals surface area contributed by atoms with E-state index in [-0.39, 0.29) is 41.0 Å².